The first-order chi connectivity index (χ1) is 10.1. The summed E-state index contributed by atoms with van der Waals surface area (Å²) in [7, 11) is 1.23. The second-order valence-corrected chi connectivity index (χ2v) is 6.54. The zero-order valence-electron chi connectivity index (χ0n) is 14.3. The van der Waals surface area contributed by atoms with Crippen molar-refractivity contribution in [1.29, 1.82) is 0 Å². The molecule has 0 unspecified atom stereocenters. The number of ether oxygens (including phenoxy) is 3. The Hall–Kier alpha value is -1.14. The molecule has 1 aliphatic heterocycles. The Kier molecular flexibility index (Phi) is 6.38. The van der Waals surface area contributed by atoms with Gasteiger partial charge in [-0.3, -0.25) is 4.79 Å². The molecule has 0 aromatic rings. The molecule has 0 aliphatic carbocycles. The van der Waals surface area contributed by atoms with Crippen molar-refractivity contribution in [3.05, 3.63) is 0 Å². The van der Waals surface area contributed by atoms with Crippen LogP contribution in [0.5, 0.6) is 0 Å². The lowest BCUT2D eigenvalue weighted by Crippen LogP contribution is -2.55. The van der Waals surface area contributed by atoms with Crippen molar-refractivity contribution in [3.8, 4) is 0 Å². The quantitative estimate of drug-likeness (QED) is 0.778. The highest BCUT2D eigenvalue weighted by molar-refractivity contribution is 5.77. The number of rotatable bonds is 5. The smallest absolute Gasteiger partial charge is 0.366 e. The van der Waals surface area contributed by atoms with Crippen molar-refractivity contribution in [2.24, 2.45) is 23.7 Å². The van der Waals surface area contributed by atoms with Crippen LogP contribution in [0.2, 0.25) is 0 Å². The monoisotopic (exact) mass is 316 g/mol. The molecular formula is C16H28O6. The van der Waals surface area contributed by atoms with Crippen molar-refractivity contribution in [2.75, 3.05) is 13.7 Å². The van der Waals surface area contributed by atoms with E-state index in [2.05, 4.69) is 4.74 Å². The fraction of sp³-hybridized carbons (Fsp3) is 0.875. The van der Waals surface area contributed by atoms with Gasteiger partial charge in [-0.05, 0) is 23.7 Å². The molecule has 1 aliphatic rings. The molecule has 0 bridgehead atoms. The van der Waals surface area contributed by atoms with Gasteiger partial charge in [0.15, 0.2) is 0 Å². The first kappa shape index (κ1) is 18.9. The molecule has 1 fully saturated rings. The third kappa shape index (κ3) is 4.20. The van der Waals surface area contributed by atoms with E-state index in [0.29, 0.717) is 0 Å². The topological polar surface area (TPSA) is 82.1 Å². The molecule has 0 spiro atoms. The minimum absolute atomic E-state index is 0.00767. The molecule has 6 heteroatoms. The molecule has 6 atom stereocenters. The minimum atomic E-state index is -1.90. The highest BCUT2D eigenvalue weighted by Gasteiger charge is 2.50. The van der Waals surface area contributed by atoms with Gasteiger partial charge in [0.05, 0.1) is 19.8 Å². The van der Waals surface area contributed by atoms with Gasteiger partial charge in [-0.25, -0.2) is 4.79 Å². The fourth-order valence-corrected chi connectivity index (χ4v) is 2.93. The number of aliphatic hydroxyl groups is 1. The predicted octanol–water partition coefficient (Wildman–Crippen LogP) is 1.74. The van der Waals surface area contributed by atoms with E-state index in [9.17, 15) is 14.7 Å². The molecule has 1 saturated heterocycles. The van der Waals surface area contributed by atoms with Crippen LogP contribution in [0.1, 0.15) is 41.0 Å². The Morgan fingerprint density at radius 3 is 2.45 bits per heavy atom. The van der Waals surface area contributed by atoms with Crippen LogP contribution in [0.4, 0.5) is 0 Å². The second-order valence-electron chi connectivity index (χ2n) is 6.54. The van der Waals surface area contributed by atoms with Gasteiger partial charge in [-0.15, -0.1) is 0 Å². The summed E-state index contributed by atoms with van der Waals surface area (Å²) < 4.78 is 15.4. The van der Waals surface area contributed by atoms with E-state index < -0.39 is 11.8 Å². The normalized spacial score (nSPS) is 34.6. The number of carbonyl (C=O) groups is 2. The van der Waals surface area contributed by atoms with Gasteiger partial charge in [-0.2, -0.15) is 0 Å². The van der Waals surface area contributed by atoms with Crippen molar-refractivity contribution in [1.82, 2.24) is 0 Å². The van der Waals surface area contributed by atoms with E-state index in [1.165, 1.54) is 14.0 Å². The summed E-state index contributed by atoms with van der Waals surface area (Å²) in [5.74, 6) is -2.67. The Balaban J connectivity index is 2.85. The molecule has 1 heterocycles. The van der Waals surface area contributed by atoms with Gasteiger partial charge in [0.25, 0.3) is 5.79 Å². The highest BCUT2D eigenvalue weighted by atomic mass is 16.7. The van der Waals surface area contributed by atoms with Crippen molar-refractivity contribution >= 4 is 11.9 Å². The van der Waals surface area contributed by atoms with Crippen LogP contribution in [-0.4, -0.2) is 42.7 Å². The molecule has 0 amide bonds. The Labute approximate surface area is 132 Å². The first-order valence-electron chi connectivity index (χ1n) is 7.74. The fourth-order valence-electron chi connectivity index (χ4n) is 2.93. The van der Waals surface area contributed by atoms with E-state index in [1.807, 2.05) is 27.7 Å². The van der Waals surface area contributed by atoms with Gasteiger partial charge < -0.3 is 19.3 Å². The predicted molar refractivity (Wildman–Crippen MR) is 79.7 cm³/mol. The Morgan fingerprint density at radius 2 is 1.95 bits per heavy atom. The number of carbonyl (C=O) groups excluding carboxylic acids is 2. The van der Waals surface area contributed by atoms with E-state index in [4.69, 9.17) is 9.47 Å². The summed E-state index contributed by atoms with van der Waals surface area (Å²) in [5.41, 5.74) is 0. The van der Waals surface area contributed by atoms with Crippen LogP contribution in [-0.2, 0) is 23.8 Å². The minimum Gasteiger partial charge on any atom is -0.466 e. The number of methoxy groups -OCH3 is 1. The summed E-state index contributed by atoms with van der Waals surface area (Å²) in [6.07, 6.45) is -0.110. The standard InChI is InChI=1S/C16H28O6/c1-9-7-16(19,15(18)20-6)22-14(11(9)3)12(4)10(2)8-21-13(5)17/h9-12,14,19H,7-8H2,1-6H3/t9-,10+,11+,12+,14+,16-/m0/s1. The lowest BCUT2D eigenvalue weighted by atomic mass is 9.75. The highest BCUT2D eigenvalue weighted by Crippen LogP contribution is 2.40. The van der Waals surface area contributed by atoms with Crippen molar-refractivity contribution in [3.63, 3.8) is 0 Å². The molecule has 0 radical (unpaired) electrons. The maximum absolute atomic E-state index is 11.8. The lowest BCUT2D eigenvalue weighted by Gasteiger charge is -2.45. The number of esters is 2. The van der Waals surface area contributed by atoms with Gasteiger partial charge in [0, 0.05) is 13.3 Å². The summed E-state index contributed by atoms with van der Waals surface area (Å²) in [5, 5.41) is 10.5. The van der Waals surface area contributed by atoms with Crippen LogP contribution in [0.15, 0.2) is 0 Å². The second kappa shape index (κ2) is 7.42. The van der Waals surface area contributed by atoms with Crippen molar-refractivity contribution < 1.29 is 28.9 Å². The van der Waals surface area contributed by atoms with Crippen LogP contribution in [0.3, 0.4) is 0 Å². The molecule has 22 heavy (non-hydrogen) atoms. The average Bonchev–Trinajstić information content (AvgIpc) is 2.46. The zero-order chi connectivity index (χ0) is 17.1. The first-order valence-corrected chi connectivity index (χ1v) is 7.74. The molecule has 128 valence electrons. The van der Waals surface area contributed by atoms with Crippen molar-refractivity contribution in [2.45, 2.75) is 52.9 Å². The summed E-state index contributed by atoms with van der Waals surface area (Å²) in [4.78, 5) is 22.8. The molecule has 0 aromatic heterocycles. The molecule has 0 saturated carbocycles. The van der Waals surface area contributed by atoms with Crippen LogP contribution >= 0.6 is 0 Å². The maximum Gasteiger partial charge on any atom is 0.366 e. The Morgan fingerprint density at radius 1 is 1.36 bits per heavy atom. The maximum atomic E-state index is 11.8. The summed E-state index contributed by atoms with van der Waals surface area (Å²) in [6.45, 7) is 9.62. The summed E-state index contributed by atoms with van der Waals surface area (Å²) >= 11 is 0. The SMILES string of the molecule is COC(=O)[C@]1(O)C[C@H](C)[C@@H](C)[C@H]([C@H](C)[C@H](C)COC(C)=O)O1. The van der Waals surface area contributed by atoms with Crippen LogP contribution in [0.25, 0.3) is 0 Å². The number of hydrogen-bond donors (Lipinski definition) is 1. The van der Waals surface area contributed by atoms with E-state index in [1.54, 1.807) is 0 Å². The largest absolute Gasteiger partial charge is 0.466 e. The van der Waals surface area contributed by atoms with E-state index in [-0.39, 0.29) is 48.8 Å². The molecule has 6 nitrogen and oxygen atoms in total. The van der Waals surface area contributed by atoms with Gasteiger partial charge in [0.2, 0.25) is 0 Å². The average molecular weight is 316 g/mol. The van der Waals surface area contributed by atoms with Crippen LogP contribution in [0, 0.1) is 23.7 Å². The van der Waals surface area contributed by atoms with Gasteiger partial charge >= 0.3 is 11.9 Å². The molecule has 1 N–H and O–H groups in total. The third-order valence-corrected chi connectivity index (χ3v) is 4.82. The molecule has 1 rings (SSSR count). The molecule has 0 aromatic carbocycles. The van der Waals surface area contributed by atoms with E-state index >= 15 is 0 Å². The number of hydrogen-bond acceptors (Lipinski definition) is 6. The lowest BCUT2D eigenvalue weighted by molar-refractivity contribution is -0.286. The van der Waals surface area contributed by atoms with E-state index in [0.717, 1.165) is 0 Å². The van der Waals surface area contributed by atoms with Gasteiger partial charge in [-0.1, -0.05) is 27.7 Å². The molecular weight excluding hydrogens is 288 g/mol. The van der Waals surface area contributed by atoms with Gasteiger partial charge in [0.1, 0.15) is 0 Å². The summed E-state index contributed by atoms with van der Waals surface area (Å²) in [6, 6.07) is 0. The Bertz CT molecular complexity index is 409. The third-order valence-electron chi connectivity index (χ3n) is 4.82. The van der Waals surface area contributed by atoms with Crippen LogP contribution < -0.4 is 0 Å². The zero-order valence-corrected chi connectivity index (χ0v) is 14.3.